The third kappa shape index (κ3) is 4.53. The summed E-state index contributed by atoms with van der Waals surface area (Å²) in [5.74, 6) is 0.180. The minimum Gasteiger partial charge on any atom is -0.435 e. The molecule has 21 heavy (non-hydrogen) atoms. The van der Waals surface area contributed by atoms with Gasteiger partial charge in [-0.2, -0.15) is 8.78 Å². The number of benzene rings is 2. The van der Waals surface area contributed by atoms with Crippen LogP contribution >= 0.6 is 0 Å². The quantitative estimate of drug-likeness (QED) is 0.865. The molecule has 0 amide bonds. The van der Waals surface area contributed by atoms with Crippen LogP contribution in [0.2, 0.25) is 0 Å². The third-order valence-electron chi connectivity index (χ3n) is 3.42. The first-order valence-corrected chi connectivity index (χ1v) is 6.86. The van der Waals surface area contributed by atoms with E-state index >= 15 is 0 Å². The first-order chi connectivity index (χ1) is 10.1. The van der Waals surface area contributed by atoms with Crippen molar-refractivity contribution in [3.8, 4) is 5.75 Å². The van der Waals surface area contributed by atoms with Crippen molar-refractivity contribution >= 4 is 0 Å². The van der Waals surface area contributed by atoms with Crippen LogP contribution in [0.3, 0.4) is 0 Å². The number of halogens is 2. The fourth-order valence-electron chi connectivity index (χ4n) is 2.23. The first-order valence-electron chi connectivity index (χ1n) is 6.86. The summed E-state index contributed by atoms with van der Waals surface area (Å²) in [6.45, 7) is -0.732. The Bertz CT molecular complexity index is 552. The lowest BCUT2D eigenvalue weighted by Gasteiger charge is -2.17. The first kappa shape index (κ1) is 15.4. The Balaban J connectivity index is 2.08. The smallest absolute Gasteiger partial charge is 0.387 e. The van der Waals surface area contributed by atoms with Gasteiger partial charge in [-0.1, -0.05) is 42.0 Å². The van der Waals surface area contributed by atoms with Crippen molar-refractivity contribution in [2.24, 2.45) is 0 Å². The fourth-order valence-corrected chi connectivity index (χ4v) is 2.23. The van der Waals surface area contributed by atoms with Gasteiger partial charge in [-0.3, -0.25) is 0 Å². The van der Waals surface area contributed by atoms with Crippen LogP contribution in [0.4, 0.5) is 8.78 Å². The summed E-state index contributed by atoms with van der Waals surface area (Å²) < 4.78 is 28.6. The maximum Gasteiger partial charge on any atom is 0.387 e. The number of ether oxygens (including phenoxy) is 1. The van der Waals surface area contributed by atoms with Crippen LogP contribution in [0.15, 0.2) is 48.5 Å². The second-order valence-electron chi connectivity index (χ2n) is 4.98. The molecule has 2 aromatic carbocycles. The van der Waals surface area contributed by atoms with Crippen molar-refractivity contribution in [1.29, 1.82) is 0 Å². The van der Waals surface area contributed by atoms with Crippen LogP contribution < -0.4 is 10.1 Å². The van der Waals surface area contributed by atoms with Crippen LogP contribution in [0.25, 0.3) is 0 Å². The zero-order valence-corrected chi connectivity index (χ0v) is 12.1. The van der Waals surface area contributed by atoms with Gasteiger partial charge in [-0.05, 0) is 43.7 Å². The minimum atomic E-state index is -2.79. The van der Waals surface area contributed by atoms with E-state index in [-0.39, 0.29) is 11.8 Å². The molecule has 0 aliphatic rings. The number of likely N-dealkylation sites (N-methyl/N-ethyl adjacent to an activating group) is 1. The highest BCUT2D eigenvalue weighted by Crippen LogP contribution is 2.22. The predicted octanol–water partition coefficient (Wildman–Crippen LogP) is 4.10. The SMILES string of the molecule is CNC(Cc1ccc(C)cc1)c1ccc(OC(F)F)cc1. The van der Waals surface area contributed by atoms with Crippen LogP contribution in [0, 0.1) is 6.92 Å². The Labute approximate surface area is 123 Å². The summed E-state index contributed by atoms with van der Waals surface area (Å²) in [5, 5.41) is 3.25. The molecule has 1 atom stereocenters. The molecular formula is C17H19F2NO. The van der Waals surface area contributed by atoms with Crippen molar-refractivity contribution in [3.63, 3.8) is 0 Å². The monoisotopic (exact) mass is 291 g/mol. The van der Waals surface area contributed by atoms with Gasteiger partial charge in [0.15, 0.2) is 0 Å². The van der Waals surface area contributed by atoms with Gasteiger partial charge in [-0.25, -0.2) is 0 Å². The minimum absolute atomic E-state index is 0.133. The molecule has 0 spiro atoms. The molecule has 2 nitrogen and oxygen atoms in total. The molecule has 112 valence electrons. The zero-order valence-electron chi connectivity index (χ0n) is 12.1. The topological polar surface area (TPSA) is 21.3 Å². The number of hydrogen-bond donors (Lipinski definition) is 1. The lowest BCUT2D eigenvalue weighted by molar-refractivity contribution is -0.0498. The van der Waals surface area contributed by atoms with E-state index in [2.05, 4.69) is 41.2 Å². The van der Waals surface area contributed by atoms with E-state index < -0.39 is 6.61 Å². The summed E-state index contributed by atoms with van der Waals surface area (Å²) in [4.78, 5) is 0. The van der Waals surface area contributed by atoms with E-state index in [9.17, 15) is 8.78 Å². The second kappa shape index (κ2) is 7.18. The molecule has 0 bridgehead atoms. The van der Waals surface area contributed by atoms with Crippen molar-refractivity contribution < 1.29 is 13.5 Å². The molecule has 2 aromatic rings. The Hall–Kier alpha value is -1.94. The normalized spacial score (nSPS) is 12.4. The summed E-state index contributed by atoms with van der Waals surface area (Å²) in [6, 6.07) is 15.3. The molecule has 1 unspecified atom stereocenters. The van der Waals surface area contributed by atoms with E-state index in [1.165, 1.54) is 11.1 Å². The van der Waals surface area contributed by atoms with Gasteiger partial charge in [-0.15, -0.1) is 0 Å². The van der Waals surface area contributed by atoms with Crippen LogP contribution in [-0.2, 0) is 6.42 Å². The van der Waals surface area contributed by atoms with Gasteiger partial charge in [0.25, 0.3) is 0 Å². The highest BCUT2D eigenvalue weighted by molar-refractivity contribution is 5.31. The Morgan fingerprint density at radius 2 is 1.62 bits per heavy atom. The Morgan fingerprint density at radius 3 is 2.14 bits per heavy atom. The molecule has 0 fully saturated rings. The number of alkyl halides is 2. The molecule has 4 heteroatoms. The van der Waals surface area contributed by atoms with E-state index in [0.29, 0.717) is 0 Å². The average Bonchev–Trinajstić information content (AvgIpc) is 2.47. The highest BCUT2D eigenvalue weighted by Gasteiger charge is 2.11. The van der Waals surface area contributed by atoms with Gasteiger partial charge >= 0.3 is 6.61 Å². The predicted molar refractivity (Wildman–Crippen MR) is 79.8 cm³/mol. The summed E-state index contributed by atoms with van der Waals surface area (Å²) in [6.07, 6.45) is 0.839. The molecule has 0 saturated carbocycles. The van der Waals surface area contributed by atoms with Gasteiger partial charge in [0.1, 0.15) is 5.75 Å². The van der Waals surface area contributed by atoms with E-state index in [0.717, 1.165) is 12.0 Å². The van der Waals surface area contributed by atoms with E-state index in [1.807, 2.05) is 19.2 Å². The lowest BCUT2D eigenvalue weighted by atomic mass is 9.98. The number of rotatable bonds is 6. The maximum atomic E-state index is 12.1. The molecule has 0 saturated heterocycles. The highest BCUT2D eigenvalue weighted by atomic mass is 19.3. The van der Waals surface area contributed by atoms with Gasteiger partial charge < -0.3 is 10.1 Å². The van der Waals surface area contributed by atoms with Crippen molar-refractivity contribution in [3.05, 3.63) is 65.2 Å². The average molecular weight is 291 g/mol. The lowest BCUT2D eigenvalue weighted by Crippen LogP contribution is -2.18. The van der Waals surface area contributed by atoms with Gasteiger partial charge in [0, 0.05) is 6.04 Å². The number of nitrogens with one attached hydrogen (secondary N) is 1. The standard InChI is InChI=1S/C17H19F2NO/c1-12-3-5-13(6-4-12)11-16(20-2)14-7-9-15(10-8-14)21-17(18)19/h3-10,16-17,20H,11H2,1-2H3. The van der Waals surface area contributed by atoms with E-state index in [1.54, 1.807) is 12.1 Å². The number of aryl methyl sites for hydroxylation is 1. The van der Waals surface area contributed by atoms with Crippen LogP contribution in [0.5, 0.6) is 5.75 Å². The van der Waals surface area contributed by atoms with Gasteiger partial charge in [0.2, 0.25) is 0 Å². The van der Waals surface area contributed by atoms with Crippen molar-refractivity contribution in [2.45, 2.75) is 26.0 Å². The molecule has 2 rings (SSSR count). The molecule has 0 radical (unpaired) electrons. The largest absolute Gasteiger partial charge is 0.435 e. The molecule has 1 N–H and O–H groups in total. The van der Waals surface area contributed by atoms with Crippen LogP contribution in [-0.4, -0.2) is 13.7 Å². The van der Waals surface area contributed by atoms with Crippen molar-refractivity contribution in [2.75, 3.05) is 7.05 Å². The number of hydrogen-bond acceptors (Lipinski definition) is 2. The second-order valence-corrected chi connectivity index (χ2v) is 4.98. The molecule has 0 aliphatic carbocycles. The third-order valence-corrected chi connectivity index (χ3v) is 3.42. The summed E-state index contributed by atoms with van der Waals surface area (Å²) in [7, 11) is 1.89. The van der Waals surface area contributed by atoms with E-state index in [4.69, 9.17) is 0 Å². The zero-order chi connectivity index (χ0) is 15.2. The molecular weight excluding hydrogens is 272 g/mol. The molecule has 0 aliphatic heterocycles. The maximum absolute atomic E-state index is 12.1. The fraction of sp³-hybridized carbons (Fsp3) is 0.294. The van der Waals surface area contributed by atoms with Crippen LogP contribution in [0.1, 0.15) is 22.7 Å². The van der Waals surface area contributed by atoms with Crippen molar-refractivity contribution in [1.82, 2.24) is 5.32 Å². The Morgan fingerprint density at radius 1 is 1.00 bits per heavy atom. The summed E-state index contributed by atoms with van der Waals surface area (Å²) >= 11 is 0. The van der Waals surface area contributed by atoms with Gasteiger partial charge in [0.05, 0.1) is 0 Å². The molecule has 0 heterocycles. The Kier molecular flexibility index (Phi) is 5.28. The summed E-state index contributed by atoms with van der Waals surface area (Å²) in [5.41, 5.74) is 3.50. The molecule has 0 aromatic heterocycles.